The molecule has 0 fully saturated rings. The third kappa shape index (κ3) is 3.45. The van der Waals surface area contributed by atoms with Gasteiger partial charge in [0, 0.05) is 11.6 Å². The van der Waals surface area contributed by atoms with Crippen LogP contribution in [0.15, 0.2) is 12.1 Å². The molecule has 1 aromatic rings. The number of nitrogens with zero attached hydrogens (tertiary/aromatic N) is 1. The lowest BCUT2D eigenvalue weighted by Crippen LogP contribution is -2.42. The number of nitro benzene ring substituents is 1. The molecule has 0 aliphatic rings. The number of esters is 1. The predicted molar refractivity (Wildman–Crippen MR) is 70.7 cm³/mol. The van der Waals surface area contributed by atoms with E-state index in [2.05, 4.69) is 4.74 Å². The zero-order valence-electron chi connectivity index (χ0n) is 11.8. The third-order valence-electron chi connectivity index (χ3n) is 2.82. The molecule has 0 bridgehead atoms. The molecule has 1 N–H and O–H groups in total. The molecule has 0 radical (unpaired) electrons. The Morgan fingerprint density at radius 3 is 2.50 bits per heavy atom. The van der Waals surface area contributed by atoms with Crippen LogP contribution in [0.25, 0.3) is 0 Å². The molecule has 1 unspecified atom stereocenters. The van der Waals surface area contributed by atoms with E-state index >= 15 is 0 Å². The highest BCUT2D eigenvalue weighted by Crippen LogP contribution is 2.28. The van der Waals surface area contributed by atoms with Crippen LogP contribution in [0.4, 0.5) is 5.69 Å². The summed E-state index contributed by atoms with van der Waals surface area (Å²) in [5.41, 5.74) is -0.803. The molecule has 1 aromatic carbocycles. The summed E-state index contributed by atoms with van der Waals surface area (Å²) >= 11 is 0. The van der Waals surface area contributed by atoms with E-state index in [0.29, 0.717) is 16.9 Å². The number of ether oxygens (including phenoxy) is 2. The van der Waals surface area contributed by atoms with Crippen LogP contribution in [-0.2, 0) is 9.53 Å². The van der Waals surface area contributed by atoms with E-state index in [-0.39, 0.29) is 12.3 Å². The maximum absolute atomic E-state index is 11.3. The second kappa shape index (κ2) is 5.87. The van der Waals surface area contributed by atoms with Crippen molar-refractivity contribution in [3.8, 4) is 5.75 Å². The number of methoxy groups -OCH3 is 1. The number of aliphatic hydroxyl groups is 1. The van der Waals surface area contributed by atoms with Crippen LogP contribution in [0.3, 0.4) is 0 Å². The molecule has 0 amide bonds. The summed E-state index contributed by atoms with van der Waals surface area (Å²) in [5.74, 6) is -0.439. The molecule has 0 aliphatic heterocycles. The van der Waals surface area contributed by atoms with Crippen LogP contribution in [0, 0.1) is 24.0 Å². The summed E-state index contributed by atoms with van der Waals surface area (Å²) in [6.45, 7) is 4.20. The predicted octanol–water partition coefficient (Wildman–Crippen LogP) is 1.51. The topological polar surface area (TPSA) is 98.9 Å². The summed E-state index contributed by atoms with van der Waals surface area (Å²) in [6.07, 6.45) is 0. The van der Waals surface area contributed by atoms with Gasteiger partial charge in [0.05, 0.1) is 12.0 Å². The molecule has 0 saturated carbocycles. The second-order valence-electron chi connectivity index (χ2n) is 4.72. The first-order valence-corrected chi connectivity index (χ1v) is 5.88. The van der Waals surface area contributed by atoms with Crippen LogP contribution in [0.2, 0.25) is 0 Å². The van der Waals surface area contributed by atoms with Crippen molar-refractivity contribution in [3.63, 3.8) is 0 Å². The van der Waals surface area contributed by atoms with Crippen LogP contribution >= 0.6 is 0 Å². The molecule has 1 atom stereocenters. The monoisotopic (exact) mass is 283 g/mol. The van der Waals surface area contributed by atoms with Gasteiger partial charge in [0.15, 0.2) is 5.60 Å². The van der Waals surface area contributed by atoms with Gasteiger partial charge in [-0.25, -0.2) is 4.79 Å². The van der Waals surface area contributed by atoms with E-state index in [1.54, 1.807) is 13.8 Å². The largest absolute Gasteiger partial charge is 0.490 e. The molecule has 7 heteroatoms. The van der Waals surface area contributed by atoms with E-state index in [4.69, 9.17) is 4.74 Å². The van der Waals surface area contributed by atoms with E-state index in [1.165, 1.54) is 19.1 Å². The van der Waals surface area contributed by atoms with E-state index in [9.17, 15) is 20.0 Å². The molecular weight excluding hydrogens is 266 g/mol. The van der Waals surface area contributed by atoms with Crippen molar-refractivity contribution in [1.29, 1.82) is 0 Å². The Bertz CT molecular complexity index is 538. The van der Waals surface area contributed by atoms with Crippen LogP contribution in [0.1, 0.15) is 18.1 Å². The first-order valence-electron chi connectivity index (χ1n) is 5.88. The molecule has 0 spiro atoms. The zero-order valence-corrected chi connectivity index (χ0v) is 11.8. The lowest BCUT2D eigenvalue weighted by molar-refractivity contribution is -0.385. The van der Waals surface area contributed by atoms with Gasteiger partial charge in [0.25, 0.3) is 5.69 Å². The first kappa shape index (κ1) is 15.9. The van der Waals surface area contributed by atoms with Gasteiger partial charge < -0.3 is 14.6 Å². The third-order valence-corrected chi connectivity index (χ3v) is 2.82. The highest BCUT2D eigenvalue weighted by molar-refractivity contribution is 5.78. The number of hydrogen-bond donors (Lipinski definition) is 1. The lowest BCUT2D eigenvalue weighted by Gasteiger charge is -2.21. The van der Waals surface area contributed by atoms with Crippen molar-refractivity contribution in [3.05, 3.63) is 33.4 Å². The number of benzene rings is 1. The van der Waals surface area contributed by atoms with E-state index in [0.717, 1.165) is 7.11 Å². The second-order valence-corrected chi connectivity index (χ2v) is 4.72. The highest BCUT2D eigenvalue weighted by atomic mass is 16.6. The average Bonchev–Trinajstić information content (AvgIpc) is 2.37. The Hall–Kier alpha value is -2.15. The lowest BCUT2D eigenvalue weighted by atomic mass is 10.1. The summed E-state index contributed by atoms with van der Waals surface area (Å²) in [7, 11) is 1.16. The van der Waals surface area contributed by atoms with Crippen molar-refractivity contribution < 1.29 is 24.3 Å². The maximum atomic E-state index is 11.3. The summed E-state index contributed by atoms with van der Waals surface area (Å²) < 4.78 is 9.82. The van der Waals surface area contributed by atoms with Gasteiger partial charge in [-0.3, -0.25) is 10.1 Å². The molecule has 0 aliphatic carbocycles. The maximum Gasteiger partial charge on any atom is 0.341 e. The molecule has 7 nitrogen and oxygen atoms in total. The van der Waals surface area contributed by atoms with Gasteiger partial charge in [-0.2, -0.15) is 0 Å². The van der Waals surface area contributed by atoms with Gasteiger partial charge >= 0.3 is 5.97 Å². The van der Waals surface area contributed by atoms with Crippen LogP contribution < -0.4 is 4.74 Å². The Morgan fingerprint density at radius 2 is 2.00 bits per heavy atom. The minimum Gasteiger partial charge on any atom is -0.490 e. The Kier molecular flexibility index (Phi) is 4.67. The smallest absolute Gasteiger partial charge is 0.341 e. The number of aryl methyl sites for hydroxylation is 2. The normalized spacial score (nSPS) is 13.4. The van der Waals surface area contributed by atoms with Gasteiger partial charge in [-0.1, -0.05) is 0 Å². The Balaban J connectivity index is 2.92. The Labute approximate surface area is 116 Å². The molecule has 110 valence electrons. The van der Waals surface area contributed by atoms with E-state index in [1.807, 2.05) is 0 Å². The highest BCUT2D eigenvalue weighted by Gasteiger charge is 2.32. The quantitative estimate of drug-likeness (QED) is 0.499. The molecule has 0 aromatic heterocycles. The zero-order chi connectivity index (χ0) is 15.5. The van der Waals surface area contributed by atoms with E-state index < -0.39 is 16.5 Å². The first-order chi connectivity index (χ1) is 9.19. The summed E-state index contributed by atoms with van der Waals surface area (Å²) in [5, 5.41) is 20.6. The number of carbonyl (C=O) groups is 1. The van der Waals surface area contributed by atoms with Gasteiger partial charge in [0.2, 0.25) is 0 Å². The van der Waals surface area contributed by atoms with Crippen molar-refractivity contribution in [2.45, 2.75) is 26.4 Å². The minimum atomic E-state index is -1.78. The van der Waals surface area contributed by atoms with Crippen molar-refractivity contribution in [2.24, 2.45) is 0 Å². The van der Waals surface area contributed by atoms with Crippen molar-refractivity contribution in [1.82, 2.24) is 0 Å². The SMILES string of the molecule is COC(=O)C(C)(O)COc1cc(C)c([N+](=O)[O-])cc1C. The van der Waals surface area contributed by atoms with Gasteiger partial charge in [0.1, 0.15) is 12.4 Å². The molecule has 0 heterocycles. The van der Waals surface area contributed by atoms with Crippen molar-refractivity contribution in [2.75, 3.05) is 13.7 Å². The summed E-state index contributed by atoms with van der Waals surface area (Å²) in [6, 6.07) is 2.89. The molecule has 20 heavy (non-hydrogen) atoms. The number of carbonyl (C=O) groups excluding carboxylic acids is 1. The number of nitro groups is 1. The fourth-order valence-corrected chi connectivity index (χ4v) is 1.62. The van der Waals surface area contributed by atoms with Crippen LogP contribution in [-0.4, -0.2) is 35.3 Å². The number of hydrogen-bond acceptors (Lipinski definition) is 6. The van der Waals surface area contributed by atoms with Gasteiger partial charge in [-0.15, -0.1) is 0 Å². The van der Waals surface area contributed by atoms with Gasteiger partial charge in [-0.05, 0) is 32.4 Å². The van der Waals surface area contributed by atoms with Crippen LogP contribution in [0.5, 0.6) is 5.75 Å². The fourth-order valence-electron chi connectivity index (χ4n) is 1.62. The Morgan fingerprint density at radius 1 is 1.40 bits per heavy atom. The number of rotatable bonds is 5. The standard InChI is InChI=1S/C13H17NO6/c1-8-6-11(9(2)5-10(8)14(17)18)20-7-13(3,16)12(15)19-4/h5-6,16H,7H2,1-4H3. The van der Waals surface area contributed by atoms with Crippen molar-refractivity contribution >= 4 is 11.7 Å². The minimum absolute atomic E-state index is 0.00502. The molecule has 1 rings (SSSR count). The average molecular weight is 283 g/mol. The fraction of sp³-hybridized carbons (Fsp3) is 0.462. The molecular formula is C13H17NO6. The molecule has 0 saturated heterocycles. The summed E-state index contributed by atoms with van der Waals surface area (Å²) in [4.78, 5) is 21.6.